The van der Waals surface area contributed by atoms with Crippen LogP contribution in [0.25, 0.3) is 11.3 Å². The van der Waals surface area contributed by atoms with Gasteiger partial charge < -0.3 is 4.74 Å². The zero-order valence-electron chi connectivity index (χ0n) is 15.0. The minimum atomic E-state index is -4.83. The molecule has 0 bridgehead atoms. The first kappa shape index (κ1) is 19.7. The van der Waals surface area contributed by atoms with E-state index >= 15 is 0 Å². The Kier molecular flexibility index (Phi) is 4.84. The Morgan fingerprint density at radius 1 is 1.25 bits per heavy atom. The number of carbonyl (C=O) groups is 1. The van der Waals surface area contributed by atoms with E-state index < -0.39 is 29.0 Å². The number of nitro groups is 1. The molecule has 1 atom stereocenters. The van der Waals surface area contributed by atoms with E-state index in [0.717, 1.165) is 12.0 Å². The Morgan fingerprint density at radius 2 is 1.89 bits per heavy atom. The van der Waals surface area contributed by atoms with Crippen LogP contribution in [-0.2, 0) is 22.5 Å². The number of hydrogen-bond acceptors (Lipinski definition) is 6. The van der Waals surface area contributed by atoms with Gasteiger partial charge in [-0.05, 0) is 30.8 Å². The van der Waals surface area contributed by atoms with Gasteiger partial charge in [-0.2, -0.15) is 13.2 Å². The summed E-state index contributed by atoms with van der Waals surface area (Å²) in [6, 6.07) is 8.73. The monoisotopic (exact) mass is 395 g/mol. The van der Waals surface area contributed by atoms with Crippen molar-refractivity contribution in [2.45, 2.75) is 24.7 Å². The molecule has 0 spiro atoms. The molecule has 1 unspecified atom stereocenters. The summed E-state index contributed by atoms with van der Waals surface area (Å²) >= 11 is 0. The summed E-state index contributed by atoms with van der Waals surface area (Å²) in [7, 11) is 2.13. The fraction of sp³-hybridized carbons (Fsp3) is 0.333. The Morgan fingerprint density at radius 3 is 2.43 bits per heavy atom. The average molecular weight is 395 g/mol. The SMILES string of the molecule is COC(=O)C1(C(F)(F)F)Cc2ccc(-c3ccc([N+](=O)[O-])cc3)nc2CN1C. The molecule has 1 aliphatic rings. The number of fused-ring (bicyclic) bond motifs is 1. The maximum Gasteiger partial charge on any atom is 0.417 e. The van der Waals surface area contributed by atoms with Crippen LogP contribution in [0.2, 0.25) is 0 Å². The Bertz CT molecular complexity index is 931. The van der Waals surface area contributed by atoms with Gasteiger partial charge in [-0.25, -0.2) is 4.79 Å². The van der Waals surface area contributed by atoms with Crippen molar-refractivity contribution in [3.05, 3.63) is 57.8 Å². The average Bonchev–Trinajstić information content (AvgIpc) is 2.65. The van der Waals surface area contributed by atoms with Crippen LogP contribution in [0.3, 0.4) is 0 Å². The van der Waals surface area contributed by atoms with E-state index in [1.54, 1.807) is 0 Å². The number of likely N-dealkylation sites (N-methyl/N-ethyl adjacent to an activating group) is 1. The first-order chi connectivity index (χ1) is 13.1. The number of nitrogens with zero attached hydrogens (tertiary/aromatic N) is 3. The molecule has 0 N–H and O–H groups in total. The van der Waals surface area contributed by atoms with E-state index in [1.165, 1.54) is 43.4 Å². The predicted molar refractivity (Wildman–Crippen MR) is 92.3 cm³/mol. The molecule has 1 aromatic heterocycles. The molecule has 7 nitrogen and oxygen atoms in total. The number of rotatable bonds is 3. The van der Waals surface area contributed by atoms with Gasteiger partial charge in [0.15, 0.2) is 0 Å². The highest BCUT2D eigenvalue weighted by Crippen LogP contribution is 2.43. The van der Waals surface area contributed by atoms with Crippen LogP contribution in [0.1, 0.15) is 11.3 Å². The third-order valence-corrected chi connectivity index (χ3v) is 4.92. The number of benzene rings is 1. The van der Waals surface area contributed by atoms with Gasteiger partial charge in [0.25, 0.3) is 5.69 Å². The van der Waals surface area contributed by atoms with E-state index in [4.69, 9.17) is 0 Å². The first-order valence-corrected chi connectivity index (χ1v) is 8.20. The van der Waals surface area contributed by atoms with Crippen LogP contribution < -0.4 is 0 Å². The van der Waals surface area contributed by atoms with Crippen molar-refractivity contribution >= 4 is 11.7 Å². The molecular formula is C18H16F3N3O4. The topological polar surface area (TPSA) is 85.6 Å². The second-order valence-electron chi connectivity index (χ2n) is 6.49. The number of alkyl halides is 3. The normalized spacial score (nSPS) is 19.8. The smallest absolute Gasteiger partial charge is 0.417 e. The van der Waals surface area contributed by atoms with Gasteiger partial charge in [0.05, 0.1) is 23.4 Å². The summed E-state index contributed by atoms with van der Waals surface area (Å²) in [5.74, 6) is -1.37. The summed E-state index contributed by atoms with van der Waals surface area (Å²) in [5, 5.41) is 10.8. The lowest BCUT2D eigenvalue weighted by Gasteiger charge is -2.43. The fourth-order valence-electron chi connectivity index (χ4n) is 3.34. The van der Waals surface area contributed by atoms with Crippen molar-refractivity contribution in [2.75, 3.05) is 14.2 Å². The minimum Gasteiger partial charge on any atom is -0.467 e. The van der Waals surface area contributed by atoms with Crippen molar-refractivity contribution < 1.29 is 27.6 Å². The third kappa shape index (κ3) is 3.09. The van der Waals surface area contributed by atoms with E-state index in [0.29, 0.717) is 22.5 Å². The molecule has 28 heavy (non-hydrogen) atoms. The standard InChI is InChI=1S/C18H16F3N3O4/c1-23-10-15-12(9-17(23,16(25)28-2)18(19,20)21)5-8-14(22-15)11-3-6-13(7-4-11)24(26)27/h3-8H,9-10H2,1-2H3. The number of esters is 1. The first-order valence-electron chi connectivity index (χ1n) is 8.20. The molecule has 10 heteroatoms. The van der Waals surface area contributed by atoms with Crippen molar-refractivity contribution in [2.24, 2.45) is 0 Å². The molecule has 3 rings (SSSR count). The summed E-state index contributed by atoms with van der Waals surface area (Å²) in [5.41, 5.74) is -1.08. The molecule has 0 aliphatic carbocycles. The number of carbonyl (C=O) groups excluding carboxylic acids is 1. The molecule has 1 aromatic carbocycles. The lowest BCUT2D eigenvalue weighted by Crippen LogP contribution is -2.66. The van der Waals surface area contributed by atoms with Gasteiger partial charge in [-0.3, -0.25) is 20.0 Å². The zero-order valence-corrected chi connectivity index (χ0v) is 15.0. The lowest BCUT2D eigenvalue weighted by atomic mass is 9.83. The maximum atomic E-state index is 13.8. The predicted octanol–water partition coefficient (Wildman–Crippen LogP) is 3.12. The Hall–Kier alpha value is -3.01. The van der Waals surface area contributed by atoms with Gasteiger partial charge in [-0.15, -0.1) is 0 Å². The highest BCUT2D eigenvalue weighted by Gasteiger charge is 2.65. The third-order valence-electron chi connectivity index (χ3n) is 4.92. The summed E-state index contributed by atoms with van der Waals surface area (Å²) in [6.45, 7) is -0.204. The van der Waals surface area contributed by atoms with E-state index in [2.05, 4.69) is 9.72 Å². The van der Waals surface area contributed by atoms with E-state index in [-0.39, 0.29) is 12.2 Å². The Labute approximate surface area is 157 Å². The number of non-ortho nitro benzene ring substituents is 1. The second-order valence-corrected chi connectivity index (χ2v) is 6.49. The van der Waals surface area contributed by atoms with Crippen LogP contribution in [0, 0.1) is 10.1 Å². The van der Waals surface area contributed by atoms with Crippen molar-refractivity contribution in [1.29, 1.82) is 0 Å². The number of methoxy groups -OCH3 is 1. The molecule has 0 saturated heterocycles. The number of aromatic nitrogens is 1. The van der Waals surface area contributed by atoms with Gasteiger partial charge >= 0.3 is 12.1 Å². The van der Waals surface area contributed by atoms with Crippen LogP contribution in [0.15, 0.2) is 36.4 Å². The van der Waals surface area contributed by atoms with Gasteiger partial charge in [-0.1, -0.05) is 6.07 Å². The molecular weight excluding hydrogens is 379 g/mol. The van der Waals surface area contributed by atoms with Gasteiger partial charge in [0, 0.05) is 30.7 Å². The number of hydrogen-bond donors (Lipinski definition) is 0. The van der Waals surface area contributed by atoms with Crippen LogP contribution >= 0.6 is 0 Å². The van der Waals surface area contributed by atoms with Gasteiger partial charge in [0.1, 0.15) is 0 Å². The molecule has 148 valence electrons. The van der Waals surface area contributed by atoms with Crippen molar-refractivity contribution in [1.82, 2.24) is 9.88 Å². The maximum absolute atomic E-state index is 13.8. The molecule has 0 radical (unpaired) electrons. The van der Waals surface area contributed by atoms with Crippen LogP contribution in [0.4, 0.5) is 18.9 Å². The molecule has 0 saturated carbocycles. The molecule has 1 aliphatic heterocycles. The second kappa shape index (κ2) is 6.86. The minimum absolute atomic E-state index is 0.0746. The van der Waals surface area contributed by atoms with Crippen LogP contribution in [0.5, 0.6) is 0 Å². The van der Waals surface area contributed by atoms with Gasteiger partial charge in [0.2, 0.25) is 5.54 Å². The lowest BCUT2D eigenvalue weighted by molar-refractivity contribution is -0.384. The van der Waals surface area contributed by atoms with Crippen LogP contribution in [-0.4, -0.2) is 46.6 Å². The molecule has 2 aromatic rings. The largest absolute Gasteiger partial charge is 0.467 e. The highest BCUT2D eigenvalue weighted by atomic mass is 19.4. The quantitative estimate of drug-likeness (QED) is 0.451. The summed E-state index contributed by atoms with van der Waals surface area (Å²) in [4.78, 5) is 27.6. The summed E-state index contributed by atoms with van der Waals surface area (Å²) in [6.07, 6.45) is -5.44. The molecule has 0 fully saturated rings. The molecule has 2 heterocycles. The zero-order chi connectivity index (χ0) is 20.7. The van der Waals surface area contributed by atoms with Crippen molar-refractivity contribution in [3.63, 3.8) is 0 Å². The van der Waals surface area contributed by atoms with E-state index in [1.807, 2.05) is 0 Å². The number of pyridine rings is 1. The van der Waals surface area contributed by atoms with Crippen molar-refractivity contribution in [3.8, 4) is 11.3 Å². The highest BCUT2D eigenvalue weighted by molar-refractivity contribution is 5.83. The molecule has 0 amide bonds. The fourth-order valence-corrected chi connectivity index (χ4v) is 3.34. The summed E-state index contributed by atoms with van der Waals surface area (Å²) < 4.78 is 45.9. The number of halogens is 3. The number of ether oxygens (including phenoxy) is 1. The van der Waals surface area contributed by atoms with E-state index in [9.17, 15) is 28.1 Å². The number of nitro benzene ring substituents is 1. The Balaban J connectivity index is 2.00.